The molecule has 0 saturated carbocycles. The molecule has 3 heteroatoms. The summed E-state index contributed by atoms with van der Waals surface area (Å²) >= 11 is 0. The highest BCUT2D eigenvalue weighted by molar-refractivity contribution is 6.12. The average Bonchev–Trinajstić information content (AvgIpc) is 2.31. The van der Waals surface area contributed by atoms with Crippen molar-refractivity contribution in [1.29, 1.82) is 0 Å². The van der Waals surface area contributed by atoms with E-state index in [0.717, 1.165) is 28.2 Å². The van der Waals surface area contributed by atoms with Crippen molar-refractivity contribution in [3.05, 3.63) is 40.9 Å². The summed E-state index contributed by atoms with van der Waals surface area (Å²) in [7, 11) is 3.72. The molecular formula is C13H19N3. The summed E-state index contributed by atoms with van der Waals surface area (Å²) < 4.78 is 0. The number of hydrogen-bond donors (Lipinski definition) is 1. The number of pyridine rings is 1. The Morgan fingerprint density at radius 1 is 1.31 bits per heavy atom. The number of aryl methyl sites for hydroxylation is 1. The summed E-state index contributed by atoms with van der Waals surface area (Å²) in [5.74, 6) is 0. The molecule has 0 fully saturated rings. The summed E-state index contributed by atoms with van der Waals surface area (Å²) in [6.45, 7) is 6.09. The fourth-order valence-corrected chi connectivity index (χ4v) is 1.49. The van der Waals surface area contributed by atoms with Crippen molar-refractivity contribution in [3.8, 4) is 0 Å². The Balaban J connectivity index is 3.15. The minimum atomic E-state index is 0.986. The third-order valence-corrected chi connectivity index (χ3v) is 2.70. The second kappa shape index (κ2) is 5.45. The molecule has 1 N–H and O–H groups in total. The van der Waals surface area contributed by atoms with Crippen molar-refractivity contribution < 1.29 is 0 Å². The normalized spacial score (nSPS) is 13.4. The molecule has 86 valence electrons. The van der Waals surface area contributed by atoms with Gasteiger partial charge in [-0.2, -0.15) is 0 Å². The molecule has 0 aliphatic rings. The summed E-state index contributed by atoms with van der Waals surface area (Å²) in [5, 5.41) is 3.14. The van der Waals surface area contributed by atoms with Crippen LogP contribution < -0.4 is 5.32 Å². The van der Waals surface area contributed by atoms with Crippen LogP contribution in [-0.2, 0) is 0 Å². The molecule has 0 aliphatic heterocycles. The van der Waals surface area contributed by atoms with Crippen LogP contribution in [0.15, 0.2) is 34.6 Å². The molecule has 0 amide bonds. The van der Waals surface area contributed by atoms with E-state index in [0.29, 0.717) is 0 Å². The van der Waals surface area contributed by atoms with Gasteiger partial charge in [0, 0.05) is 37.2 Å². The van der Waals surface area contributed by atoms with Gasteiger partial charge in [0.1, 0.15) is 0 Å². The minimum absolute atomic E-state index is 0.986. The number of aromatic nitrogens is 1. The third kappa shape index (κ3) is 2.69. The van der Waals surface area contributed by atoms with Crippen LogP contribution in [-0.4, -0.2) is 24.8 Å². The van der Waals surface area contributed by atoms with Crippen molar-refractivity contribution in [2.75, 3.05) is 14.1 Å². The van der Waals surface area contributed by atoms with Gasteiger partial charge < -0.3 is 5.32 Å². The predicted octanol–water partition coefficient (Wildman–Crippen LogP) is 2.32. The van der Waals surface area contributed by atoms with Gasteiger partial charge in [-0.05, 0) is 38.5 Å². The predicted molar refractivity (Wildman–Crippen MR) is 68.9 cm³/mol. The topological polar surface area (TPSA) is 37.3 Å². The highest BCUT2D eigenvalue weighted by Crippen LogP contribution is 2.11. The Hall–Kier alpha value is -1.64. The van der Waals surface area contributed by atoms with Gasteiger partial charge in [-0.15, -0.1) is 0 Å². The van der Waals surface area contributed by atoms with Gasteiger partial charge in [-0.3, -0.25) is 9.98 Å². The quantitative estimate of drug-likeness (QED) is 0.789. The van der Waals surface area contributed by atoms with Crippen LogP contribution in [0.3, 0.4) is 0 Å². The van der Waals surface area contributed by atoms with Crippen LogP contribution in [0.2, 0.25) is 0 Å². The summed E-state index contributed by atoms with van der Waals surface area (Å²) in [6, 6.07) is 4.06. The zero-order chi connectivity index (χ0) is 12.1. The van der Waals surface area contributed by atoms with E-state index in [4.69, 9.17) is 0 Å². The smallest absolute Gasteiger partial charge is 0.0704 e. The van der Waals surface area contributed by atoms with E-state index < -0.39 is 0 Å². The Labute approximate surface area is 97.3 Å². The first-order valence-corrected chi connectivity index (χ1v) is 5.35. The van der Waals surface area contributed by atoms with E-state index in [1.54, 1.807) is 0 Å². The van der Waals surface area contributed by atoms with Crippen LogP contribution in [0.25, 0.3) is 0 Å². The Bertz CT molecular complexity index is 413. The third-order valence-electron chi connectivity index (χ3n) is 2.70. The van der Waals surface area contributed by atoms with Crippen LogP contribution in [0, 0.1) is 6.92 Å². The summed E-state index contributed by atoms with van der Waals surface area (Å²) in [5.41, 5.74) is 5.34. The van der Waals surface area contributed by atoms with Crippen LogP contribution in [0.5, 0.6) is 0 Å². The lowest BCUT2D eigenvalue weighted by molar-refractivity contribution is 0.973. The van der Waals surface area contributed by atoms with Gasteiger partial charge in [0.25, 0.3) is 0 Å². The second-order valence-corrected chi connectivity index (χ2v) is 3.76. The molecule has 0 aliphatic carbocycles. The number of allylic oxidation sites excluding steroid dienone is 2. The highest BCUT2D eigenvalue weighted by atomic mass is 14.8. The number of hydrogen-bond acceptors (Lipinski definition) is 3. The molecule has 0 unspecified atom stereocenters. The maximum atomic E-state index is 4.34. The Morgan fingerprint density at radius 2 is 2.00 bits per heavy atom. The zero-order valence-electron chi connectivity index (χ0n) is 10.6. The molecule has 1 rings (SSSR count). The molecule has 0 saturated heterocycles. The monoisotopic (exact) mass is 217 g/mol. The molecule has 1 heterocycles. The first-order chi connectivity index (χ1) is 7.60. The van der Waals surface area contributed by atoms with Crippen molar-refractivity contribution in [2.24, 2.45) is 4.99 Å². The first kappa shape index (κ1) is 12.4. The van der Waals surface area contributed by atoms with Crippen LogP contribution >= 0.6 is 0 Å². The molecule has 0 spiro atoms. The van der Waals surface area contributed by atoms with Gasteiger partial charge in [0.15, 0.2) is 0 Å². The van der Waals surface area contributed by atoms with Gasteiger partial charge in [0.2, 0.25) is 0 Å². The first-order valence-electron chi connectivity index (χ1n) is 5.35. The zero-order valence-corrected chi connectivity index (χ0v) is 10.6. The Kier molecular flexibility index (Phi) is 4.23. The largest absolute Gasteiger partial charge is 0.391 e. The lowest BCUT2D eigenvalue weighted by atomic mass is 10.0. The van der Waals surface area contributed by atoms with Crippen molar-refractivity contribution in [3.63, 3.8) is 0 Å². The molecule has 0 bridgehead atoms. The number of rotatable bonds is 3. The second-order valence-electron chi connectivity index (χ2n) is 3.76. The van der Waals surface area contributed by atoms with Gasteiger partial charge in [-0.25, -0.2) is 0 Å². The molecular weight excluding hydrogens is 198 g/mol. The lowest BCUT2D eigenvalue weighted by Gasteiger charge is -2.10. The minimum Gasteiger partial charge on any atom is -0.391 e. The SMILES string of the molecule is CN=C(/C(C)=C(\C)NC)c1ccc(C)nc1. The summed E-state index contributed by atoms with van der Waals surface area (Å²) in [6.07, 6.45) is 1.87. The molecule has 1 aromatic rings. The van der Waals surface area contributed by atoms with E-state index >= 15 is 0 Å². The van der Waals surface area contributed by atoms with E-state index in [1.807, 2.05) is 40.2 Å². The molecule has 16 heavy (non-hydrogen) atoms. The molecule has 0 radical (unpaired) electrons. The maximum absolute atomic E-state index is 4.34. The molecule has 3 nitrogen and oxygen atoms in total. The van der Waals surface area contributed by atoms with Crippen molar-refractivity contribution in [1.82, 2.24) is 10.3 Å². The van der Waals surface area contributed by atoms with Crippen molar-refractivity contribution in [2.45, 2.75) is 20.8 Å². The van der Waals surface area contributed by atoms with E-state index in [-0.39, 0.29) is 0 Å². The van der Waals surface area contributed by atoms with Crippen molar-refractivity contribution >= 4 is 5.71 Å². The highest BCUT2D eigenvalue weighted by Gasteiger charge is 2.07. The van der Waals surface area contributed by atoms with E-state index in [1.165, 1.54) is 0 Å². The number of nitrogens with one attached hydrogen (secondary N) is 1. The fourth-order valence-electron chi connectivity index (χ4n) is 1.49. The van der Waals surface area contributed by atoms with E-state index in [2.05, 4.69) is 28.3 Å². The summed E-state index contributed by atoms with van der Waals surface area (Å²) in [4.78, 5) is 8.63. The molecule has 0 aromatic carbocycles. The molecule has 1 aromatic heterocycles. The molecule has 0 atom stereocenters. The van der Waals surface area contributed by atoms with Crippen LogP contribution in [0.4, 0.5) is 0 Å². The standard InChI is InChI=1S/C13H19N3/c1-9-6-7-12(8-16-9)13(15-5)10(2)11(3)14-4/h6-8,14H,1-5H3/b11-10+,15-13?. The van der Waals surface area contributed by atoms with Crippen LogP contribution in [0.1, 0.15) is 25.1 Å². The lowest BCUT2D eigenvalue weighted by Crippen LogP contribution is -2.12. The Morgan fingerprint density at radius 3 is 2.44 bits per heavy atom. The number of nitrogens with zero attached hydrogens (tertiary/aromatic N) is 2. The average molecular weight is 217 g/mol. The van der Waals surface area contributed by atoms with E-state index in [9.17, 15) is 0 Å². The number of aliphatic imine (C=N–C) groups is 1. The van der Waals surface area contributed by atoms with Gasteiger partial charge in [-0.1, -0.05) is 0 Å². The fraction of sp³-hybridized carbons (Fsp3) is 0.385. The van der Waals surface area contributed by atoms with Gasteiger partial charge in [0.05, 0.1) is 5.71 Å². The van der Waals surface area contributed by atoms with Gasteiger partial charge >= 0.3 is 0 Å². The maximum Gasteiger partial charge on any atom is 0.0704 e.